The summed E-state index contributed by atoms with van der Waals surface area (Å²) in [6.07, 6.45) is 1.12. The fraction of sp³-hybridized carbons (Fsp3) is 0.714. The van der Waals surface area contributed by atoms with E-state index < -0.39 is 10.0 Å². The minimum absolute atomic E-state index is 0.293. The zero-order valence-corrected chi connectivity index (χ0v) is 13.5. The van der Waals surface area contributed by atoms with Gasteiger partial charge in [-0.05, 0) is 31.7 Å². The first kappa shape index (κ1) is 15.5. The third kappa shape index (κ3) is 3.24. The van der Waals surface area contributed by atoms with Gasteiger partial charge in [-0.2, -0.15) is 0 Å². The molecule has 1 heterocycles. The molecule has 0 spiro atoms. The second-order valence-electron chi connectivity index (χ2n) is 5.67. The van der Waals surface area contributed by atoms with Crippen molar-refractivity contribution in [1.29, 1.82) is 0 Å². The van der Waals surface area contributed by atoms with E-state index in [9.17, 15) is 8.42 Å². The maximum absolute atomic E-state index is 12.6. The molecule has 1 N–H and O–H groups in total. The van der Waals surface area contributed by atoms with Crippen LogP contribution in [-0.4, -0.2) is 32.9 Å². The number of sulfonamides is 1. The van der Waals surface area contributed by atoms with Gasteiger partial charge in [0.05, 0.1) is 6.54 Å². The van der Waals surface area contributed by atoms with Crippen molar-refractivity contribution in [2.75, 3.05) is 20.1 Å². The number of aryl methyl sites for hydroxylation is 1. The van der Waals surface area contributed by atoms with Crippen molar-refractivity contribution < 1.29 is 12.8 Å². The van der Waals surface area contributed by atoms with E-state index in [1.165, 1.54) is 4.31 Å². The number of nitrogens with zero attached hydrogens (tertiary/aromatic N) is 1. The van der Waals surface area contributed by atoms with Crippen LogP contribution in [0.5, 0.6) is 0 Å². The predicted octanol–water partition coefficient (Wildman–Crippen LogP) is 1.97. The Kier molecular flexibility index (Phi) is 4.56. The third-order valence-corrected chi connectivity index (χ3v) is 5.86. The van der Waals surface area contributed by atoms with Gasteiger partial charge in [0.2, 0.25) is 10.0 Å². The van der Waals surface area contributed by atoms with Crippen molar-refractivity contribution in [2.24, 2.45) is 11.8 Å². The van der Waals surface area contributed by atoms with Crippen molar-refractivity contribution in [3.63, 3.8) is 0 Å². The quantitative estimate of drug-likeness (QED) is 0.836. The average Bonchev–Trinajstić information content (AvgIpc) is 2.93. The molecule has 2 atom stereocenters. The van der Waals surface area contributed by atoms with E-state index in [0.29, 0.717) is 41.3 Å². The normalized spacial score (nSPS) is 22.4. The van der Waals surface area contributed by atoms with Gasteiger partial charge < -0.3 is 9.73 Å². The lowest BCUT2D eigenvalue weighted by Gasteiger charge is -2.16. The van der Waals surface area contributed by atoms with Gasteiger partial charge in [-0.1, -0.05) is 13.8 Å². The number of hydrogen-bond acceptors (Lipinski definition) is 4. The van der Waals surface area contributed by atoms with Crippen LogP contribution in [0.15, 0.2) is 15.4 Å². The lowest BCUT2D eigenvalue weighted by Crippen LogP contribution is -2.29. The summed E-state index contributed by atoms with van der Waals surface area (Å²) in [6.45, 7) is 7.82. The summed E-state index contributed by atoms with van der Waals surface area (Å²) in [5.41, 5.74) is 0. The van der Waals surface area contributed by atoms with Crippen molar-refractivity contribution in [1.82, 2.24) is 9.62 Å². The molecule has 0 saturated heterocycles. The third-order valence-electron chi connectivity index (χ3n) is 3.93. The fourth-order valence-corrected chi connectivity index (χ4v) is 3.77. The van der Waals surface area contributed by atoms with Crippen LogP contribution < -0.4 is 5.32 Å². The number of nitrogens with one attached hydrogen (secondary N) is 1. The van der Waals surface area contributed by atoms with E-state index in [2.05, 4.69) is 12.2 Å². The van der Waals surface area contributed by atoms with Crippen LogP contribution in [-0.2, 0) is 16.6 Å². The van der Waals surface area contributed by atoms with E-state index >= 15 is 0 Å². The van der Waals surface area contributed by atoms with Gasteiger partial charge >= 0.3 is 0 Å². The van der Waals surface area contributed by atoms with Crippen LogP contribution in [0.1, 0.15) is 31.8 Å². The number of hydrogen-bond donors (Lipinski definition) is 1. The molecule has 0 radical (unpaired) electrons. The summed E-state index contributed by atoms with van der Waals surface area (Å²) in [7, 11) is -1.79. The first-order valence-corrected chi connectivity index (χ1v) is 8.56. The summed E-state index contributed by atoms with van der Waals surface area (Å²) >= 11 is 0. The Labute approximate surface area is 121 Å². The van der Waals surface area contributed by atoms with Gasteiger partial charge in [-0.3, -0.25) is 0 Å². The Bertz CT molecular complexity index is 565. The molecule has 6 heteroatoms. The largest absolute Gasteiger partial charge is 0.464 e. The molecule has 114 valence electrons. The summed E-state index contributed by atoms with van der Waals surface area (Å²) in [6, 6.07) is 1.64. The Morgan fingerprint density at radius 2 is 2.15 bits per heavy atom. The lowest BCUT2D eigenvalue weighted by atomic mass is 10.3. The van der Waals surface area contributed by atoms with Gasteiger partial charge in [0.1, 0.15) is 16.4 Å². The lowest BCUT2D eigenvalue weighted by molar-refractivity contribution is 0.437. The second kappa shape index (κ2) is 5.87. The SMILES string of the molecule is CCNCc1cc(S(=O)(=O)N(C)CC2CC2C)c(C)o1. The van der Waals surface area contributed by atoms with E-state index in [0.717, 1.165) is 13.0 Å². The summed E-state index contributed by atoms with van der Waals surface area (Å²) in [5, 5.41) is 3.13. The molecule has 1 saturated carbocycles. The summed E-state index contributed by atoms with van der Waals surface area (Å²) in [5.74, 6) is 2.27. The monoisotopic (exact) mass is 300 g/mol. The van der Waals surface area contributed by atoms with Crippen molar-refractivity contribution in [3.8, 4) is 0 Å². The Morgan fingerprint density at radius 3 is 2.70 bits per heavy atom. The van der Waals surface area contributed by atoms with Crippen LogP contribution in [0, 0.1) is 18.8 Å². The maximum Gasteiger partial charge on any atom is 0.246 e. The second-order valence-corrected chi connectivity index (χ2v) is 7.69. The smallest absolute Gasteiger partial charge is 0.246 e. The summed E-state index contributed by atoms with van der Waals surface area (Å²) < 4.78 is 32.1. The Hall–Kier alpha value is -0.850. The number of rotatable bonds is 7. The molecule has 1 aromatic rings. The van der Waals surface area contributed by atoms with Crippen LogP contribution >= 0.6 is 0 Å². The molecule has 0 amide bonds. The highest BCUT2D eigenvalue weighted by molar-refractivity contribution is 7.89. The molecular formula is C14H24N2O3S. The van der Waals surface area contributed by atoms with E-state index in [1.807, 2.05) is 6.92 Å². The molecule has 0 aromatic carbocycles. The summed E-state index contributed by atoms with van der Waals surface area (Å²) in [4.78, 5) is 0.293. The Morgan fingerprint density at radius 1 is 1.50 bits per heavy atom. The average molecular weight is 300 g/mol. The highest BCUT2D eigenvalue weighted by Crippen LogP contribution is 2.39. The van der Waals surface area contributed by atoms with Gasteiger partial charge in [0, 0.05) is 19.7 Å². The first-order valence-electron chi connectivity index (χ1n) is 7.12. The topological polar surface area (TPSA) is 62.6 Å². The molecule has 1 aliphatic carbocycles. The highest BCUT2D eigenvalue weighted by atomic mass is 32.2. The molecule has 20 heavy (non-hydrogen) atoms. The molecule has 5 nitrogen and oxygen atoms in total. The molecule has 1 aromatic heterocycles. The van der Waals surface area contributed by atoms with E-state index in [4.69, 9.17) is 4.42 Å². The molecule has 2 rings (SSSR count). The standard InChI is InChI=1S/C14H24N2O3S/c1-5-15-8-13-7-14(11(3)19-13)20(17,18)16(4)9-12-6-10(12)2/h7,10,12,15H,5-6,8-9H2,1-4H3. The van der Waals surface area contributed by atoms with Crippen LogP contribution in [0.25, 0.3) is 0 Å². The maximum atomic E-state index is 12.6. The fourth-order valence-electron chi connectivity index (χ4n) is 2.37. The minimum Gasteiger partial charge on any atom is -0.464 e. The van der Waals surface area contributed by atoms with Gasteiger partial charge in [0.25, 0.3) is 0 Å². The molecular weight excluding hydrogens is 276 g/mol. The number of furan rings is 1. The Balaban J connectivity index is 2.13. The first-order chi connectivity index (χ1) is 9.36. The molecule has 1 fully saturated rings. The van der Waals surface area contributed by atoms with E-state index in [-0.39, 0.29) is 0 Å². The molecule has 2 unspecified atom stereocenters. The van der Waals surface area contributed by atoms with Crippen LogP contribution in [0.4, 0.5) is 0 Å². The van der Waals surface area contributed by atoms with Crippen LogP contribution in [0.3, 0.4) is 0 Å². The highest BCUT2D eigenvalue weighted by Gasteiger charge is 2.37. The van der Waals surface area contributed by atoms with Crippen molar-refractivity contribution in [3.05, 3.63) is 17.6 Å². The molecule has 1 aliphatic rings. The van der Waals surface area contributed by atoms with E-state index in [1.54, 1.807) is 20.0 Å². The predicted molar refractivity (Wildman–Crippen MR) is 77.9 cm³/mol. The van der Waals surface area contributed by atoms with Crippen molar-refractivity contribution in [2.45, 2.75) is 38.6 Å². The van der Waals surface area contributed by atoms with Gasteiger partial charge in [-0.25, -0.2) is 12.7 Å². The zero-order valence-electron chi connectivity index (χ0n) is 12.6. The zero-order chi connectivity index (χ0) is 14.9. The van der Waals surface area contributed by atoms with Gasteiger partial charge in [-0.15, -0.1) is 0 Å². The molecule has 0 bridgehead atoms. The van der Waals surface area contributed by atoms with Crippen LogP contribution in [0.2, 0.25) is 0 Å². The minimum atomic E-state index is -3.44. The van der Waals surface area contributed by atoms with Crippen molar-refractivity contribution >= 4 is 10.0 Å². The molecule has 0 aliphatic heterocycles. The van der Waals surface area contributed by atoms with Gasteiger partial charge in [0.15, 0.2) is 0 Å².